The Hall–Kier alpha value is -3.06. The van der Waals surface area contributed by atoms with E-state index in [0.29, 0.717) is 37.9 Å². The second-order valence-corrected chi connectivity index (χ2v) is 14.8. The smallest absolute Gasteiger partial charge is 0.326 e. The van der Waals surface area contributed by atoms with Crippen molar-refractivity contribution in [3.8, 4) is 0 Å². The SMILES string of the molecule is CSCC[C@H](NC(=O)[C@H](C)NC(=O)CCC(=O)OCC(=O)[C@@]1(O)CC[C@@H]2[C@H]3CCC4=CC(=O)CC[C@]4(C)[C@@H]3C(=O)C[C@@]21C)C(=O)O. The molecule has 4 aliphatic carbocycles. The predicted molar refractivity (Wildman–Crippen MR) is 167 cm³/mol. The van der Waals surface area contributed by atoms with Crippen molar-refractivity contribution >= 4 is 52.9 Å². The topological polar surface area (TPSA) is 193 Å². The molecule has 2 amide bonds. The molecule has 12 nitrogen and oxygen atoms in total. The number of Topliss-reactive ketones (excluding diaryl/α,β-unsaturated/α-hetero) is 2. The van der Waals surface area contributed by atoms with Gasteiger partial charge >= 0.3 is 11.9 Å². The van der Waals surface area contributed by atoms with E-state index in [0.717, 1.165) is 5.57 Å². The number of ketones is 3. The van der Waals surface area contributed by atoms with Gasteiger partial charge in [-0.2, -0.15) is 11.8 Å². The molecule has 254 valence electrons. The summed E-state index contributed by atoms with van der Waals surface area (Å²) in [5.41, 5.74) is -2.21. The fourth-order valence-electron chi connectivity index (χ4n) is 8.57. The number of hydrogen-bond acceptors (Lipinski definition) is 10. The molecule has 8 atom stereocenters. The predicted octanol–water partition coefficient (Wildman–Crippen LogP) is 2.15. The molecule has 0 aromatic carbocycles. The number of hydrogen-bond donors (Lipinski definition) is 4. The summed E-state index contributed by atoms with van der Waals surface area (Å²) in [5, 5.41) is 25.9. The fourth-order valence-corrected chi connectivity index (χ4v) is 9.04. The summed E-state index contributed by atoms with van der Waals surface area (Å²) in [6, 6.07) is -2.13. The van der Waals surface area contributed by atoms with Crippen LogP contribution in [0.1, 0.15) is 85.0 Å². The van der Waals surface area contributed by atoms with Crippen molar-refractivity contribution in [1.29, 1.82) is 0 Å². The highest BCUT2D eigenvalue weighted by Gasteiger charge is 2.68. The number of carboxylic acids is 1. The Morgan fingerprint density at radius 3 is 2.46 bits per heavy atom. The Kier molecular flexibility index (Phi) is 10.9. The molecule has 0 saturated heterocycles. The van der Waals surface area contributed by atoms with Crippen LogP contribution in [0.5, 0.6) is 0 Å². The minimum absolute atomic E-state index is 0.00341. The van der Waals surface area contributed by atoms with E-state index in [9.17, 15) is 43.8 Å². The van der Waals surface area contributed by atoms with E-state index in [4.69, 9.17) is 4.74 Å². The van der Waals surface area contributed by atoms with Crippen LogP contribution in [0.15, 0.2) is 11.6 Å². The van der Waals surface area contributed by atoms with Crippen molar-refractivity contribution in [2.24, 2.45) is 28.6 Å². The summed E-state index contributed by atoms with van der Waals surface area (Å²) in [4.78, 5) is 87.8. The lowest BCUT2D eigenvalue weighted by molar-refractivity contribution is -0.173. The molecule has 13 heteroatoms. The van der Waals surface area contributed by atoms with Gasteiger partial charge in [0.2, 0.25) is 17.6 Å². The summed E-state index contributed by atoms with van der Waals surface area (Å²) in [7, 11) is 0. The third kappa shape index (κ3) is 6.81. The quantitative estimate of drug-likeness (QED) is 0.211. The van der Waals surface area contributed by atoms with Crippen LogP contribution in [-0.4, -0.2) is 87.6 Å². The van der Waals surface area contributed by atoms with Crippen LogP contribution in [0.2, 0.25) is 0 Å². The minimum atomic E-state index is -1.85. The van der Waals surface area contributed by atoms with Gasteiger partial charge in [0.15, 0.2) is 12.4 Å². The maximum absolute atomic E-state index is 13.8. The average molecular weight is 663 g/mol. The van der Waals surface area contributed by atoms with E-state index < -0.39 is 64.7 Å². The standard InChI is InChI=1S/C33H46N2O10S/c1-18(29(41)35-23(30(42)43)11-14-46-4)34-26(39)7-8-27(40)45-17-25(38)33(44)13-10-22-21-6-5-19-15-20(36)9-12-31(19,2)28(21)24(37)16-32(22,33)3/h15,18,21-23,28,44H,5-14,16-17H2,1-4H3,(H,34,39)(H,35,41)(H,42,43)/t18-,21+,22+,23-,28-,31-,32-,33-/m0/s1. The van der Waals surface area contributed by atoms with Gasteiger partial charge in [-0.15, -0.1) is 0 Å². The van der Waals surface area contributed by atoms with Crippen molar-refractivity contribution in [1.82, 2.24) is 10.6 Å². The lowest BCUT2D eigenvalue weighted by Crippen LogP contribution is -2.61. The monoisotopic (exact) mass is 662 g/mol. The second kappa shape index (κ2) is 14.0. The van der Waals surface area contributed by atoms with Gasteiger partial charge in [0.1, 0.15) is 23.5 Å². The Bertz CT molecular complexity index is 1330. The normalized spacial score (nSPS) is 33.0. The molecule has 0 aromatic rings. The van der Waals surface area contributed by atoms with Gasteiger partial charge in [-0.1, -0.05) is 19.4 Å². The van der Waals surface area contributed by atoms with Crippen molar-refractivity contribution in [3.05, 3.63) is 11.6 Å². The summed E-state index contributed by atoms with van der Waals surface area (Å²) in [6.07, 6.45) is 6.26. The van der Waals surface area contributed by atoms with Crippen LogP contribution in [0.4, 0.5) is 0 Å². The highest BCUT2D eigenvalue weighted by atomic mass is 32.2. The number of rotatable bonds is 13. The van der Waals surface area contributed by atoms with Gasteiger partial charge < -0.3 is 25.6 Å². The van der Waals surface area contributed by atoms with E-state index in [1.807, 2.05) is 6.26 Å². The number of aliphatic hydroxyl groups is 1. The van der Waals surface area contributed by atoms with Gasteiger partial charge in [-0.05, 0) is 80.8 Å². The van der Waals surface area contributed by atoms with Crippen molar-refractivity contribution in [2.75, 3.05) is 18.6 Å². The highest BCUT2D eigenvalue weighted by Crippen LogP contribution is 2.66. The number of ether oxygens (including phenoxy) is 1. The number of aliphatic carboxylic acids is 1. The van der Waals surface area contributed by atoms with E-state index in [-0.39, 0.29) is 61.4 Å². The third-order valence-electron chi connectivity index (χ3n) is 11.2. The number of nitrogens with one attached hydrogen (secondary N) is 2. The first kappa shape index (κ1) is 35.8. The number of allylic oxidation sites excluding steroid dienone is 1. The Labute approximate surface area is 273 Å². The van der Waals surface area contributed by atoms with Crippen molar-refractivity contribution in [3.63, 3.8) is 0 Å². The first-order chi connectivity index (χ1) is 21.6. The fraction of sp³-hybridized carbons (Fsp3) is 0.727. The largest absolute Gasteiger partial charge is 0.480 e. The van der Waals surface area contributed by atoms with E-state index in [1.54, 1.807) is 13.0 Å². The zero-order chi connectivity index (χ0) is 34.0. The van der Waals surface area contributed by atoms with Crippen LogP contribution in [0, 0.1) is 28.6 Å². The Morgan fingerprint density at radius 2 is 1.78 bits per heavy atom. The molecule has 0 aromatic heterocycles. The maximum atomic E-state index is 13.8. The summed E-state index contributed by atoms with van der Waals surface area (Å²) in [5.74, 6) is -3.71. The first-order valence-electron chi connectivity index (χ1n) is 16.1. The molecular formula is C33H46N2O10S. The van der Waals surface area contributed by atoms with Crippen molar-refractivity contribution < 1.29 is 48.5 Å². The van der Waals surface area contributed by atoms with Crippen LogP contribution < -0.4 is 10.6 Å². The summed E-state index contributed by atoms with van der Waals surface area (Å²) < 4.78 is 5.16. The van der Waals surface area contributed by atoms with Gasteiger partial charge in [-0.3, -0.25) is 28.8 Å². The number of amides is 2. The zero-order valence-electron chi connectivity index (χ0n) is 27.0. The molecule has 4 N–H and O–H groups in total. The summed E-state index contributed by atoms with van der Waals surface area (Å²) >= 11 is 1.44. The molecule has 0 bridgehead atoms. The lowest BCUT2D eigenvalue weighted by Gasteiger charge is -2.57. The van der Waals surface area contributed by atoms with E-state index in [2.05, 4.69) is 17.6 Å². The Morgan fingerprint density at radius 1 is 1.07 bits per heavy atom. The van der Waals surface area contributed by atoms with Gasteiger partial charge in [0, 0.05) is 30.6 Å². The molecule has 4 rings (SSSR count). The lowest BCUT2D eigenvalue weighted by atomic mass is 9.46. The number of carbonyl (C=O) groups is 7. The second-order valence-electron chi connectivity index (χ2n) is 13.9. The number of thioether (sulfide) groups is 1. The zero-order valence-corrected chi connectivity index (χ0v) is 27.8. The molecule has 0 radical (unpaired) electrons. The number of carbonyl (C=O) groups excluding carboxylic acids is 6. The average Bonchev–Trinajstić information content (AvgIpc) is 3.27. The van der Waals surface area contributed by atoms with Crippen LogP contribution in [0.25, 0.3) is 0 Å². The van der Waals surface area contributed by atoms with Gasteiger partial charge in [0.05, 0.1) is 6.42 Å². The molecule has 46 heavy (non-hydrogen) atoms. The van der Waals surface area contributed by atoms with E-state index >= 15 is 0 Å². The minimum Gasteiger partial charge on any atom is -0.480 e. The molecule has 0 heterocycles. The van der Waals surface area contributed by atoms with Crippen LogP contribution in [-0.2, 0) is 38.3 Å². The van der Waals surface area contributed by atoms with Gasteiger partial charge in [-0.25, -0.2) is 4.79 Å². The van der Waals surface area contributed by atoms with E-state index in [1.165, 1.54) is 18.7 Å². The maximum Gasteiger partial charge on any atom is 0.326 e. The van der Waals surface area contributed by atoms with Crippen LogP contribution >= 0.6 is 11.8 Å². The molecule has 4 aliphatic rings. The molecule has 0 spiro atoms. The molecule has 3 saturated carbocycles. The molecular weight excluding hydrogens is 616 g/mol. The molecule has 0 aliphatic heterocycles. The van der Waals surface area contributed by atoms with Gasteiger partial charge in [0.25, 0.3) is 0 Å². The molecule has 0 unspecified atom stereocenters. The number of fused-ring (bicyclic) bond motifs is 5. The van der Waals surface area contributed by atoms with Crippen molar-refractivity contribution in [2.45, 2.75) is 103 Å². The number of carboxylic acid groups (broad SMARTS) is 1. The Balaban J connectivity index is 1.29. The number of esters is 1. The summed E-state index contributed by atoms with van der Waals surface area (Å²) in [6.45, 7) is 4.57. The molecule has 3 fully saturated rings. The first-order valence-corrected chi connectivity index (χ1v) is 17.5. The third-order valence-corrected chi connectivity index (χ3v) is 11.8. The highest BCUT2D eigenvalue weighted by molar-refractivity contribution is 7.98. The van der Waals surface area contributed by atoms with Crippen LogP contribution in [0.3, 0.4) is 0 Å².